The molecule has 0 spiro atoms. The normalized spacial score (nSPS) is 10.9. The van der Waals surface area contributed by atoms with E-state index in [-0.39, 0.29) is 18.8 Å². The zero-order valence-electron chi connectivity index (χ0n) is 16.6. The van der Waals surface area contributed by atoms with Crippen LogP contribution in [0.3, 0.4) is 0 Å². The number of benzene rings is 2. The first-order valence-electron chi connectivity index (χ1n) is 9.50. The molecule has 7 nitrogen and oxygen atoms in total. The second-order valence-electron chi connectivity index (χ2n) is 7.10. The molecule has 4 aromatic rings. The standard InChI is InChI=1S/C22H19F2N5O2/c1-27(13-16-8-9-18(23)19(24)12-16)21(30)25-17-6-4-5-15(11-17)14-29-22(31)28-10-3-2-7-20(28)26-29/h2-12H,13-14H2,1H3,(H,25,30). The third-order valence-corrected chi connectivity index (χ3v) is 4.75. The van der Waals surface area contributed by atoms with Crippen LogP contribution in [-0.4, -0.2) is 32.2 Å². The van der Waals surface area contributed by atoms with E-state index in [9.17, 15) is 18.4 Å². The van der Waals surface area contributed by atoms with Gasteiger partial charge in [-0.1, -0.05) is 24.3 Å². The number of aromatic nitrogens is 3. The SMILES string of the molecule is CN(Cc1ccc(F)c(F)c1)C(=O)Nc1cccc(Cn2nc3ccccn3c2=O)c1. The van der Waals surface area contributed by atoms with Gasteiger partial charge >= 0.3 is 11.7 Å². The molecule has 0 unspecified atom stereocenters. The van der Waals surface area contributed by atoms with Gasteiger partial charge in [0.1, 0.15) is 0 Å². The number of carbonyl (C=O) groups excluding carboxylic acids is 1. The van der Waals surface area contributed by atoms with Crippen LogP contribution in [0.1, 0.15) is 11.1 Å². The molecule has 2 amide bonds. The highest BCUT2D eigenvalue weighted by molar-refractivity contribution is 5.89. The van der Waals surface area contributed by atoms with Crippen molar-refractivity contribution in [1.82, 2.24) is 19.1 Å². The Balaban J connectivity index is 1.45. The van der Waals surface area contributed by atoms with Crippen LogP contribution < -0.4 is 11.0 Å². The van der Waals surface area contributed by atoms with Gasteiger partial charge in [-0.15, -0.1) is 5.10 Å². The Labute approximate surface area is 176 Å². The number of anilines is 1. The van der Waals surface area contributed by atoms with Crippen molar-refractivity contribution < 1.29 is 13.6 Å². The number of nitrogens with one attached hydrogen (secondary N) is 1. The maximum absolute atomic E-state index is 13.4. The van der Waals surface area contributed by atoms with Gasteiger partial charge < -0.3 is 10.2 Å². The van der Waals surface area contributed by atoms with Crippen LogP contribution >= 0.6 is 0 Å². The number of fused-ring (bicyclic) bond motifs is 1. The van der Waals surface area contributed by atoms with Crippen molar-refractivity contribution in [1.29, 1.82) is 0 Å². The number of nitrogens with zero attached hydrogens (tertiary/aromatic N) is 4. The predicted octanol–water partition coefficient (Wildman–Crippen LogP) is 3.49. The lowest BCUT2D eigenvalue weighted by atomic mass is 10.2. The van der Waals surface area contributed by atoms with Gasteiger partial charge in [-0.3, -0.25) is 4.40 Å². The predicted molar refractivity (Wildman–Crippen MR) is 112 cm³/mol. The topological polar surface area (TPSA) is 71.6 Å². The first-order chi connectivity index (χ1) is 14.9. The maximum Gasteiger partial charge on any atom is 0.350 e. The van der Waals surface area contributed by atoms with E-state index in [0.717, 1.165) is 17.7 Å². The quantitative estimate of drug-likeness (QED) is 0.534. The first-order valence-corrected chi connectivity index (χ1v) is 9.50. The minimum Gasteiger partial charge on any atom is -0.323 e. The van der Waals surface area contributed by atoms with E-state index in [2.05, 4.69) is 10.4 Å². The number of hydrogen-bond acceptors (Lipinski definition) is 3. The molecule has 158 valence electrons. The van der Waals surface area contributed by atoms with Gasteiger partial charge in [0.2, 0.25) is 0 Å². The van der Waals surface area contributed by atoms with E-state index in [4.69, 9.17) is 0 Å². The highest BCUT2D eigenvalue weighted by atomic mass is 19.2. The van der Waals surface area contributed by atoms with E-state index in [1.165, 1.54) is 20.0 Å². The average Bonchev–Trinajstić information content (AvgIpc) is 3.06. The lowest BCUT2D eigenvalue weighted by Crippen LogP contribution is -2.31. The van der Waals surface area contributed by atoms with Crippen molar-refractivity contribution in [2.45, 2.75) is 13.1 Å². The Bertz CT molecular complexity index is 1310. The summed E-state index contributed by atoms with van der Waals surface area (Å²) in [5, 5.41) is 7.06. The van der Waals surface area contributed by atoms with Crippen LogP contribution in [0.25, 0.3) is 5.65 Å². The molecule has 0 bridgehead atoms. The highest BCUT2D eigenvalue weighted by Gasteiger charge is 2.12. The average molecular weight is 423 g/mol. The molecule has 0 aliphatic heterocycles. The largest absolute Gasteiger partial charge is 0.350 e. The summed E-state index contributed by atoms with van der Waals surface area (Å²) in [6, 6.07) is 15.5. The van der Waals surface area contributed by atoms with Crippen molar-refractivity contribution >= 4 is 17.4 Å². The fourth-order valence-electron chi connectivity index (χ4n) is 3.19. The van der Waals surface area contributed by atoms with Crippen LogP contribution in [-0.2, 0) is 13.1 Å². The summed E-state index contributed by atoms with van der Waals surface area (Å²) in [6.07, 6.45) is 1.65. The van der Waals surface area contributed by atoms with Crippen LogP contribution in [0.4, 0.5) is 19.3 Å². The fraction of sp³-hybridized carbons (Fsp3) is 0.136. The molecule has 2 aromatic carbocycles. The number of pyridine rings is 1. The number of rotatable bonds is 5. The molecule has 0 saturated heterocycles. The number of amides is 2. The molecular weight excluding hydrogens is 404 g/mol. The van der Waals surface area contributed by atoms with Gasteiger partial charge in [0.05, 0.1) is 6.54 Å². The van der Waals surface area contributed by atoms with Crippen molar-refractivity contribution in [3.8, 4) is 0 Å². The molecule has 0 radical (unpaired) electrons. The molecule has 0 atom stereocenters. The van der Waals surface area contributed by atoms with Crippen LogP contribution in [0.15, 0.2) is 71.7 Å². The second kappa shape index (κ2) is 8.39. The van der Waals surface area contributed by atoms with Crippen LogP contribution in [0.5, 0.6) is 0 Å². The number of halogens is 2. The Hall–Kier alpha value is -4.01. The molecule has 0 aliphatic carbocycles. The van der Waals surface area contributed by atoms with Gasteiger partial charge in [0.15, 0.2) is 17.3 Å². The smallest absolute Gasteiger partial charge is 0.323 e. The van der Waals surface area contributed by atoms with E-state index in [1.54, 1.807) is 49.6 Å². The first kappa shape index (κ1) is 20.3. The molecule has 2 heterocycles. The van der Waals surface area contributed by atoms with E-state index >= 15 is 0 Å². The minimum atomic E-state index is -0.957. The summed E-state index contributed by atoms with van der Waals surface area (Å²) < 4.78 is 29.2. The zero-order chi connectivity index (χ0) is 22.0. The molecule has 1 N–H and O–H groups in total. The molecule has 0 aliphatic rings. The Morgan fingerprint density at radius 1 is 1.03 bits per heavy atom. The number of hydrogen-bond donors (Lipinski definition) is 1. The van der Waals surface area contributed by atoms with Crippen molar-refractivity contribution in [3.05, 3.63) is 100 Å². The summed E-state index contributed by atoms with van der Waals surface area (Å²) in [7, 11) is 1.55. The monoisotopic (exact) mass is 423 g/mol. The molecule has 4 rings (SSSR count). The van der Waals surface area contributed by atoms with Crippen molar-refractivity contribution in [2.75, 3.05) is 12.4 Å². The van der Waals surface area contributed by atoms with E-state index in [0.29, 0.717) is 16.9 Å². The Morgan fingerprint density at radius 2 is 1.87 bits per heavy atom. The lowest BCUT2D eigenvalue weighted by molar-refractivity contribution is 0.220. The van der Waals surface area contributed by atoms with E-state index in [1.807, 2.05) is 6.07 Å². The lowest BCUT2D eigenvalue weighted by Gasteiger charge is -2.18. The fourth-order valence-corrected chi connectivity index (χ4v) is 3.19. The van der Waals surface area contributed by atoms with Crippen LogP contribution in [0, 0.1) is 11.6 Å². The Kier molecular flexibility index (Phi) is 5.48. The van der Waals surface area contributed by atoms with Crippen molar-refractivity contribution in [2.24, 2.45) is 0 Å². The zero-order valence-corrected chi connectivity index (χ0v) is 16.6. The van der Waals surface area contributed by atoms with Crippen molar-refractivity contribution in [3.63, 3.8) is 0 Å². The Morgan fingerprint density at radius 3 is 2.65 bits per heavy atom. The molecule has 0 fully saturated rings. The third-order valence-electron chi connectivity index (χ3n) is 4.75. The molecule has 31 heavy (non-hydrogen) atoms. The van der Waals surface area contributed by atoms with Gasteiger partial charge in [-0.25, -0.2) is 23.1 Å². The highest BCUT2D eigenvalue weighted by Crippen LogP contribution is 2.14. The second-order valence-corrected chi connectivity index (χ2v) is 7.10. The van der Waals surface area contributed by atoms with E-state index < -0.39 is 17.7 Å². The number of urea groups is 1. The molecule has 9 heteroatoms. The molecule has 2 aromatic heterocycles. The molecular formula is C22H19F2N5O2. The van der Waals surface area contributed by atoms with Gasteiger partial charge in [0.25, 0.3) is 0 Å². The summed E-state index contributed by atoms with van der Waals surface area (Å²) in [5.41, 5.74) is 2.09. The summed E-state index contributed by atoms with van der Waals surface area (Å²) >= 11 is 0. The van der Waals surface area contributed by atoms with Gasteiger partial charge in [-0.2, -0.15) is 0 Å². The number of carbonyl (C=O) groups is 1. The summed E-state index contributed by atoms with van der Waals surface area (Å²) in [4.78, 5) is 26.3. The van der Waals surface area contributed by atoms with Gasteiger partial charge in [0, 0.05) is 25.5 Å². The summed E-state index contributed by atoms with van der Waals surface area (Å²) in [6.45, 7) is 0.355. The van der Waals surface area contributed by atoms with Crippen LogP contribution in [0.2, 0.25) is 0 Å². The van der Waals surface area contributed by atoms with Gasteiger partial charge in [-0.05, 0) is 47.5 Å². The minimum absolute atomic E-state index is 0.110. The maximum atomic E-state index is 13.4. The third kappa shape index (κ3) is 4.45. The summed E-state index contributed by atoms with van der Waals surface area (Å²) in [5.74, 6) is -1.89. The molecule has 0 saturated carbocycles.